The average molecular weight is 461 g/mol. The van der Waals surface area contributed by atoms with E-state index in [9.17, 15) is 19.5 Å². The fraction of sp³-hybridized carbons (Fsp3) is 0.269. The van der Waals surface area contributed by atoms with Gasteiger partial charge in [0.1, 0.15) is 11.3 Å². The maximum absolute atomic E-state index is 12.8. The summed E-state index contributed by atoms with van der Waals surface area (Å²) in [6.07, 6.45) is 0.783. The van der Waals surface area contributed by atoms with E-state index in [-0.39, 0.29) is 6.42 Å². The molecule has 0 unspecified atom stereocenters. The summed E-state index contributed by atoms with van der Waals surface area (Å²) in [4.78, 5) is 39.7. The lowest BCUT2D eigenvalue weighted by Gasteiger charge is -2.23. The minimum absolute atomic E-state index is 0.0591. The molecule has 0 saturated carbocycles. The number of aryl methyl sites for hydroxylation is 2. The van der Waals surface area contributed by atoms with Gasteiger partial charge in [-0.2, -0.15) is 0 Å². The predicted molar refractivity (Wildman–Crippen MR) is 126 cm³/mol. The third-order valence-corrected chi connectivity index (χ3v) is 6.20. The van der Waals surface area contributed by atoms with E-state index >= 15 is 0 Å². The second kappa shape index (κ2) is 9.05. The summed E-state index contributed by atoms with van der Waals surface area (Å²) < 4.78 is 11.3. The molecule has 176 valence electrons. The van der Waals surface area contributed by atoms with Crippen LogP contribution in [0, 0.1) is 20.8 Å². The third kappa shape index (κ3) is 4.26. The van der Waals surface area contributed by atoms with Crippen molar-refractivity contribution in [1.82, 2.24) is 10.3 Å². The summed E-state index contributed by atoms with van der Waals surface area (Å²) in [7, 11) is 0. The molecule has 0 saturated heterocycles. The highest BCUT2D eigenvalue weighted by atomic mass is 16.5. The van der Waals surface area contributed by atoms with Crippen molar-refractivity contribution in [3.63, 3.8) is 0 Å². The molecule has 8 heteroatoms. The summed E-state index contributed by atoms with van der Waals surface area (Å²) in [5.74, 6) is -1.63. The normalized spacial score (nSPS) is 13.1. The highest BCUT2D eigenvalue weighted by molar-refractivity contribution is 5.88. The summed E-state index contributed by atoms with van der Waals surface area (Å²) in [5.41, 5.74) is 3.53. The molecule has 0 bridgehead atoms. The number of carbonyl (C=O) groups excluding carboxylic acids is 2. The molecule has 34 heavy (non-hydrogen) atoms. The third-order valence-electron chi connectivity index (χ3n) is 6.20. The van der Waals surface area contributed by atoms with Gasteiger partial charge in [0, 0.05) is 40.0 Å². The Morgan fingerprint density at radius 2 is 1.79 bits per heavy atom. The van der Waals surface area contributed by atoms with Crippen LogP contribution in [0.3, 0.4) is 0 Å². The monoisotopic (exact) mass is 461 g/mol. The Labute approximate surface area is 195 Å². The molecule has 0 fully saturated rings. The summed E-state index contributed by atoms with van der Waals surface area (Å²) in [6.45, 7) is 6.81. The van der Waals surface area contributed by atoms with Crippen LogP contribution in [0.5, 0.6) is 5.75 Å². The van der Waals surface area contributed by atoms with Crippen LogP contribution in [-0.2, 0) is 16.0 Å². The SMILES string of the molecule is Cc1c(C)c2ccc(O[C@H](C)C(=O)N[C@@H](Cc3c[nH]c4ccccc34)C(=O)[O-])c(C)c2oc1=O. The minimum atomic E-state index is -1.39. The number of aliphatic carboxylic acids is 1. The van der Waals surface area contributed by atoms with Gasteiger partial charge in [0.2, 0.25) is 0 Å². The van der Waals surface area contributed by atoms with Crippen LogP contribution in [-0.4, -0.2) is 29.0 Å². The van der Waals surface area contributed by atoms with Gasteiger partial charge in [-0.3, -0.25) is 4.79 Å². The lowest BCUT2D eigenvalue weighted by atomic mass is 10.0. The van der Waals surface area contributed by atoms with Gasteiger partial charge in [-0.25, -0.2) is 4.79 Å². The van der Waals surface area contributed by atoms with Crippen LogP contribution in [0.15, 0.2) is 51.8 Å². The second-order valence-corrected chi connectivity index (χ2v) is 8.41. The van der Waals surface area contributed by atoms with Crippen LogP contribution >= 0.6 is 0 Å². The van der Waals surface area contributed by atoms with Crippen molar-refractivity contribution in [2.24, 2.45) is 0 Å². The quantitative estimate of drug-likeness (QED) is 0.408. The van der Waals surface area contributed by atoms with Crippen LogP contribution in [0.1, 0.15) is 29.2 Å². The number of H-pyrrole nitrogens is 1. The number of ether oxygens (including phenoxy) is 1. The first-order chi connectivity index (χ1) is 16.2. The Bertz CT molecular complexity index is 1470. The number of carboxylic acids is 1. The van der Waals surface area contributed by atoms with E-state index in [4.69, 9.17) is 9.15 Å². The highest BCUT2D eigenvalue weighted by Gasteiger charge is 2.23. The molecule has 2 aromatic carbocycles. The van der Waals surface area contributed by atoms with Crippen LogP contribution in [0.4, 0.5) is 0 Å². The molecular weight excluding hydrogens is 436 g/mol. The van der Waals surface area contributed by atoms with Gasteiger partial charge in [-0.05, 0) is 57.0 Å². The number of para-hydroxylation sites is 1. The molecule has 4 rings (SSSR count). The zero-order valence-corrected chi connectivity index (χ0v) is 19.4. The maximum Gasteiger partial charge on any atom is 0.339 e. The number of fused-ring (bicyclic) bond motifs is 2. The van der Waals surface area contributed by atoms with E-state index in [0.717, 1.165) is 27.4 Å². The van der Waals surface area contributed by atoms with Gasteiger partial charge < -0.3 is 29.4 Å². The number of aromatic amines is 1. The minimum Gasteiger partial charge on any atom is -0.548 e. The van der Waals surface area contributed by atoms with Crippen molar-refractivity contribution in [3.8, 4) is 5.75 Å². The summed E-state index contributed by atoms with van der Waals surface area (Å²) in [6, 6.07) is 9.74. The number of hydrogen-bond donors (Lipinski definition) is 2. The van der Waals surface area contributed by atoms with Crippen molar-refractivity contribution < 1.29 is 23.8 Å². The zero-order valence-electron chi connectivity index (χ0n) is 19.4. The zero-order chi connectivity index (χ0) is 24.6. The molecule has 8 nitrogen and oxygen atoms in total. The standard InChI is InChI=1S/C26H26N2O6/c1-13-14(2)26(32)34-23-15(3)22(10-9-18(13)23)33-16(4)24(29)28-21(25(30)31)11-17-12-27-20-8-6-5-7-19(17)20/h5-10,12,16,21,27H,11H2,1-4H3,(H,28,29)(H,30,31)/p-1/t16-,21+/m1/s1. The second-order valence-electron chi connectivity index (χ2n) is 8.41. The molecule has 2 atom stereocenters. The first kappa shape index (κ1) is 23.1. The average Bonchev–Trinajstić information content (AvgIpc) is 3.22. The van der Waals surface area contributed by atoms with Crippen LogP contribution in [0.25, 0.3) is 21.9 Å². The smallest absolute Gasteiger partial charge is 0.339 e. The van der Waals surface area contributed by atoms with Crippen molar-refractivity contribution in [2.45, 2.75) is 46.3 Å². The van der Waals surface area contributed by atoms with Gasteiger partial charge in [-0.15, -0.1) is 0 Å². The first-order valence-corrected chi connectivity index (χ1v) is 10.9. The Kier molecular flexibility index (Phi) is 6.15. The molecule has 4 aromatic rings. The number of aromatic nitrogens is 1. The lowest BCUT2D eigenvalue weighted by Crippen LogP contribution is -2.52. The maximum atomic E-state index is 12.8. The fourth-order valence-electron chi connectivity index (χ4n) is 4.00. The number of rotatable bonds is 7. The summed E-state index contributed by atoms with van der Waals surface area (Å²) >= 11 is 0. The molecule has 1 amide bonds. The number of benzene rings is 2. The molecule has 2 aromatic heterocycles. The number of amides is 1. The van der Waals surface area contributed by atoms with Crippen molar-refractivity contribution in [3.05, 3.63) is 75.3 Å². The van der Waals surface area contributed by atoms with Gasteiger partial charge >= 0.3 is 5.63 Å². The Morgan fingerprint density at radius 3 is 2.53 bits per heavy atom. The predicted octanol–water partition coefficient (Wildman–Crippen LogP) is 2.44. The number of hydrogen-bond acceptors (Lipinski definition) is 6. The highest BCUT2D eigenvalue weighted by Crippen LogP contribution is 2.30. The van der Waals surface area contributed by atoms with E-state index in [0.29, 0.717) is 22.5 Å². The topological polar surface area (TPSA) is 124 Å². The Balaban J connectivity index is 1.52. The molecule has 0 aliphatic carbocycles. The van der Waals surface area contributed by atoms with Crippen LogP contribution in [0.2, 0.25) is 0 Å². The van der Waals surface area contributed by atoms with Gasteiger partial charge in [0.05, 0.1) is 12.0 Å². The number of carboxylic acid groups (broad SMARTS) is 1. The molecule has 0 radical (unpaired) electrons. The van der Waals surface area contributed by atoms with Crippen LogP contribution < -0.4 is 20.8 Å². The molecule has 0 spiro atoms. The van der Waals surface area contributed by atoms with Gasteiger partial charge in [-0.1, -0.05) is 18.2 Å². The van der Waals surface area contributed by atoms with Crippen molar-refractivity contribution in [1.29, 1.82) is 0 Å². The van der Waals surface area contributed by atoms with E-state index in [1.165, 1.54) is 6.92 Å². The molecular formula is C26H25N2O6-. The number of nitrogens with one attached hydrogen (secondary N) is 2. The molecule has 0 aliphatic heterocycles. The molecule has 0 aliphatic rings. The van der Waals surface area contributed by atoms with Crippen molar-refractivity contribution in [2.75, 3.05) is 0 Å². The summed E-state index contributed by atoms with van der Waals surface area (Å²) in [5, 5.41) is 15.9. The largest absolute Gasteiger partial charge is 0.548 e. The van der Waals surface area contributed by atoms with E-state index in [1.54, 1.807) is 32.2 Å². The van der Waals surface area contributed by atoms with E-state index in [1.807, 2.05) is 31.2 Å². The van der Waals surface area contributed by atoms with Gasteiger partial charge in [0.25, 0.3) is 5.91 Å². The fourth-order valence-corrected chi connectivity index (χ4v) is 4.00. The Hall–Kier alpha value is -4.07. The molecule has 2 N–H and O–H groups in total. The first-order valence-electron chi connectivity index (χ1n) is 10.9. The van der Waals surface area contributed by atoms with Crippen molar-refractivity contribution >= 4 is 33.7 Å². The van der Waals surface area contributed by atoms with E-state index < -0.39 is 29.6 Å². The van der Waals surface area contributed by atoms with E-state index in [2.05, 4.69) is 10.3 Å². The lowest BCUT2D eigenvalue weighted by molar-refractivity contribution is -0.308. The Morgan fingerprint density at radius 1 is 1.06 bits per heavy atom. The molecule has 2 heterocycles. The van der Waals surface area contributed by atoms with Gasteiger partial charge in [0.15, 0.2) is 6.10 Å². The number of carbonyl (C=O) groups is 2.